The Morgan fingerprint density at radius 1 is 1.21 bits per heavy atom. The molecule has 0 radical (unpaired) electrons. The predicted octanol–water partition coefficient (Wildman–Crippen LogP) is 2.26. The van der Waals surface area contributed by atoms with Crippen molar-refractivity contribution in [2.24, 2.45) is 5.73 Å². The molecule has 5 nitrogen and oxygen atoms in total. The van der Waals surface area contributed by atoms with Crippen molar-refractivity contribution in [2.75, 3.05) is 0 Å². The van der Waals surface area contributed by atoms with Gasteiger partial charge in [-0.3, -0.25) is 4.79 Å². The lowest BCUT2D eigenvalue weighted by atomic mass is 10.1. The summed E-state index contributed by atoms with van der Waals surface area (Å²) in [6.45, 7) is 1.22. The lowest BCUT2D eigenvalue weighted by Crippen LogP contribution is -2.42. The Labute approximate surface area is 144 Å². The van der Waals surface area contributed by atoms with Gasteiger partial charge in [0, 0.05) is 35.3 Å². The van der Waals surface area contributed by atoms with Crippen LogP contribution in [0.4, 0.5) is 0 Å². The topological polar surface area (TPSA) is 83.6 Å². The molecule has 0 fully saturated rings. The molecule has 2 aromatic rings. The number of carbonyl (C=O) groups is 2. The molecule has 6 heteroatoms. The minimum atomic E-state index is -0.981. The SMILES string of the molecule is N[C@H](Cc1ccc(C=CC(=O)O)s1)C(=O)N1Cc2ccccc2C1. The molecule has 0 aliphatic carbocycles. The van der Waals surface area contributed by atoms with Crippen LogP contribution in [0.15, 0.2) is 42.5 Å². The van der Waals surface area contributed by atoms with Crippen molar-refractivity contribution in [2.45, 2.75) is 25.6 Å². The maximum Gasteiger partial charge on any atom is 0.328 e. The van der Waals surface area contributed by atoms with Crippen molar-refractivity contribution in [3.05, 3.63) is 63.4 Å². The number of fused-ring (bicyclic) bond motifs is 1. The molecule has 1 aromatic heterocycles. The average Bonchev–Trinajstić information content (AvgIpc) is 3.18. The third-order valence-electron chi connectivity index (χ3n) is 3.96. The van der Waals surface area contributed by atoms with E-state index < -0.39 is 12.0 Å². The van der Waals surface area contributed by atoms with Gasteiger partial charge in [-0.05, 0) is 29.3 Å². The molecule has 3 N–H and O–H groups in total. The van der Waals surface area contributed by atoms with Crippen molar-refractivity contribution >= 4 is 29.3 Å². The number of rotatable bonds is 5. The van der Waals surface area contributed by atoms with Crippen LogP contribution in [-0.2, 0) is 29.1 Å². The summed E-state index contributed by atoms with van der Waals surface area (Å²) in [5.74, 6) is -1.03. The van der Waals surface area contributed by atoms with E-state index in [0.717, 1.165) is 15.8 Å². The quantitative estimate of drug-likeness (QED) is 0.817. The largest absolute Gasteiger partial charge is 0.478 e. The van der Waals surface area contributed by atoms with Gasteiger partial charge in [0.05, 0.1) is 6.04 Å². The smallest absolute Gasteiger partial charge is 0.328 e. The fourth-order valence-corrected chi connectivity index (χ4v) is 3.75. The maximum atomic E-state index is 12.6. The third kappa shape index (κ3) is 3.72. The highest BCUT2D eigenvalue weighted by atomic mass is 32.1. The maximum absolute atomic E-state index is 12.6. The lowest BCUT2D eigenvalue weighted by Gasteiger charge is -2.19. The van der Waals surface area contributed by atoms with E-state index >= 15 is 0 Å². The number of aliphatic carboxylic acids is 1. The van der Waals surface area contributed by atoms with Crippen molar-refractivity contribution < 1.29 is 14.7 Å². The highest BCUT2D eigenvalue weighted by Crippen LogP contribution is 2.24. The number of thiophene rings is 1. The van der Waals surface area contributed by atoms with Crippen LogP contribution in [-0.4, -0.2) is 27.9 Å². The molecule has 0 saturated heterocycles. The summed E-state index contributed by atoms with van der Waals surface area (Å²) in [6, 6.07) is 11.2. The molecule has 1 aliphatic rings. The zero-order chi connectivity index (χ0) is 17.1. The lowest BCUT2D eigenvalue weighted by molar-refractivity contribution is -0.133. The first-order chi connectivity index (χ1) is 11.5. The van der Waals surface area contributed by atoms with Gasteiger partial charge in [-0.2, -0.15) is 0 Å². The van der Waals surface area contributed by atoms with E-state index in [0.29, 0.717) is 19.5 Å². The number of benzene rings is 1. The van der Waals surface area contributed by atoms with E-state index in [1.807, 2.05) is 36.4 Å². The van der Waals surface area contributed by atoms with Crippen LogP contribution in [0, 0.1) is 0 Å². The van der Waals surface area contributed by atoms with Crippen LogP contribution in [0.5, 0.6) is 0 Å². The van der Waals surface area contributed by atoms with Crippen LogP contribution in [0.3, 0.4) is 0 Å². The first-order valence-corrected chi connectivity index (χ1v) is 8.45. The molecular weight excluding hydrogens is 324 g/mol. The monoisotopic (exact) mass is 342 g/mol. The first-order valence-electron chi connectivity index (χ1n) is 7.64. The van der Waals surface area contributed by atoms with E-state index in [2.05, 4.69) is 0 Å². The van der Waals surface area contributed by atoms with Crippen molar-refractivity contribution in [1.82, 2.24) is 4.90 Å². The molecule has 0 unspecified atom stereocenters. The summed E-state index contributed by atoms with van der Waals surface area (Å²) in [6.07, 6.45) is 3.10. The van der Waals surface area contributed by atoms with Crippen LogP contribution >= 0.6 is 11.3 Å². The van der Waals surface area contributed by atoms with Crippen molar-refractivity contribution in [3.63, 3.8) is 0 Å². The van der Waals surface area contributed by atoms with E-state index in [1.165, 1.54) is 22.5 Å². The van der Waals surface area contributed by atoms with Crippen molar-refractivity contribution in [1.29, 1.82) is 0 Å². The van der Waals surface area contributed by atoms with Gasteiger partial charge < -0.3 is 15.7 Å². The number of carboxylic acid groups (broad SMARTS) is 1. The summed E-state index contributed by atoms with van der Waals surface area (Å²) in [5, 5.41) is 8.64. The summed E-state index contributed by atoms with van der Waals surface area (Å²) in [7, 11) is 0. The Morgan fingerprint density at radius 2 is 1.88 bits per heavy atom. The number of nitrogens with zero attached hydrogens (tertiary/aromatic N) is 1. The van der Waals surface area contributed by atoms with E-state index in [9.17, 15) is 9.59 Å². The fraction of sp³-hybridized carbons (Fsp3) is 0.222. The molecule has 1 aromatic carbocycles. The minimum Gasteiger partial charge on any atom is -0.478 e. The molecule has 1 aliphatic heterocycles. The third-order valence-corrected chi connectivity index (χ3v) is 5.04. The van der Waals surface area contributed by atoms with Gasteiger partial charge in [0.15, 0.2) is 0 Å². The van der Waals surface area contributed by atoms with Crippen LogP contribution in [0.1, 0.15) is 20.9 Å². The summed E-state index contributed by atoms with van der Waals surface area (Å²) in [4.78, 5) is 26.7. The molecule has 1 amide bonds. The average molecular weight is 342 g/mol. The zero-order valence-electron chi connectivity index (χ0n) is 13.0. The van der Waals surface area contributed by atoms with Crippen LogP contribution < -0.4 is 5.73 Å². The number of carboxylic acids is 1. The number of hydrogen-bond acceptors (Lipinski definition) is 4. The highest BCUT2D eigenvalue weighted by Gasteiger charge is 2.27. The Kier molecular flexibility index (Phi) is 4.78. The van der Waals surface area contributed by atoms with Gasteiger partial charge in [0.1, 0.15) is 0 Å². The molecule has 24 heavy (non-hydrogen) atoms. The normalized spacial score (nSPS) is 14.8. The number of hydrogen-bond donors (Lipinski definition) is 2. The molecule has 3 rings (SSSR count). The molecule has 0 spiro atoms. The molecule has 0 saturated carbocycles. The Bertz CT molecular complexity index is 772. The summed E-state index contributed by atoms with van der Waals surface area (Å²) < 4.78 is 0. The minimum absolute atomic E-state index is 0.0535. The Morgan fingerprint density at radius 3 is 2.50 bits per heavy atom. The second-order valence-corrected chi connectivity index (χ2v) is 6.95. The van der Waals surface area contributed by atoms with E-state index in [4.69, 9.17) is 10.8 Å². The van der Waals surface area contributed by atoms with Crippen LogP contribution in [0.2, 0.25) is 0 Å². The molecule has 0 bridgehead atoms. The van der Waals surface area contributed by atoms with E-state index in [1.54, 1.807) is 11.0 Å². The van der Waals surface area contributed by atoms with Gasteiger partial charge in [0.25, 0.3) is 0 Å². The second kappa shape index (κ2) is 6.98. The second-order valence-electron chi connectivity index (χ2n) is 5.75. The standard InChI is InChI=1S/C18H18N2O3S/c19-16(9-15-6-5-14(24-15)7-8-17(21)22)18(23)20-10-12-3-1-2-4-13(12)11-20/h1-8,16H,9-11,19H2,(H,21,22)/t16-/m1/s1. The summed E-state index contributed by atoms with van der Waals surface area (Å²) >= 11 is 1.45. The molecular formula is C18H18N2O3S. The predicted molar refractivity (Wildman–Crippen MR) is 93.4 cm³/mol. The molecule has 1 atom stereocenters. The van der Waals surface area contributed by atoms with Gasteiger partial charge in [-0.25, -0.2) is 4.79 Å². The first kappa shape index (κ1) is 16.4. The number of amides is 1. The van der Waals surface area contributed by atoms with E-state index in [-0.39, 0.29) is 5.91 Å². The molecule has 2 heterocycles. The number of nitrogens with two attached hydrogens (primary N) is 1. The Balaban J connectivity index is 1.60. The van der Waals surface area contributed by atoms with Gasteiger partial charge in [0.2, 0.25) is 5.91 Å². The van der Waals surface area contributed by atoms with Gasteiger partial charge in [-0.1, -0.05) is 24.3 Å². The molecule has 124 valence electrons. The Hall–Kier alpha value is -2.44. The zero-order valence-corrected chi connectivity index (χ0v) is 13.8. The highest BCUT2D eigenvalue weighted by molar-refractivity contribution is 7.12. The van der Waals surface area contributed by atoms with Crippen LogP contribution in [0.25, 0.3) is 6.08 Å². The van der Waals surface area contributed by atoms with Gasteiger partial charge >= 0.3 is 5.97 Å². The summed E-state index contributed by atoms with van der Waals surface area (Å²) in [5.41, 5.74) is 8.45. The van der Waals surface area contributed by atoms with Crippen molar-refractivity contribution in [3.8, 4) is 0 Å². The fourth-order valence-electron chi connectivity index (χ4n) is 2.77. The number of carbonyl (C=O) groups excluding carboxylic acids is 1. The van der Waals surface area contributed by atoms with Gasteiger partial charge in [-0.15, -0.1) is 11.3 Å².